The summed E-state index contributed by atoms with van der Waals surface area (Å²) in [5.74, 6) is 0.843. The zero-order valence-corrected chi connectivity index (χ0v) is 13.2. The Morgan fingerprint density at radius 3 is 2.22 bits per heavy atom. The molecule has 0 spiro atoms. The Morgan fingerprint density at radius 2 is 1.61 bits per heavy atom. The summed E-state index contributed by atoms with van der Waals surface area (Å²) >= 11 is 0. The lowest BCUT2D eigenvalue weighted by molar-refractivity contribution is 0.554. The fourth-order valence-corrected chi connectivity index (χ4v) is 2.00. The van der Waals surface area contributed by atoms with Gasteiger partial charge in [-0.15, -0.1) is 0 Å². The van der Waals surface area contributed by atoms with Gasteiger partial charge in [-0.1, -0.05) is 43.6 Å². The van der Waals surface area contributed by atoms with Gasteiger partial charge in [0.25, 0.3) is 0 Å². The highest BCUT2D eigenvalue weighted by Crippen LogP contribution is 2.14. The van der Waals surface area contributed by atoms with Crippen LogP contribution in [0, 0.1) is 5.92 Å². The van der Waals surface area contributed by atoms with E-state index in [4.69, 9.17) is 0 Å². The van der Waals surface area contributed by atoms with E-state index in [-0.39, 0.29) is 0 Å². The average molecular weight is 251 g/mol. The van der Waals surface area contributed by atoms with Gasteiger partial charge in [-0.2, -0.15) is 0 Å². The first kappa shape index (κ1) is 17.4. The predicted molar refractivity (Wildman–Crippen MR) is 84.0 cm³/mol. The Balaban J connectivity index is 3.69. The molecule has 0 heterocycles. The first-order valence-corrected chi connectivity index (χ1v) is 7.52. The third kappa shape index (κ3) is 11.9. The zero-order valence-electron chi connectivity index (χ0n) is 13.2. The van der Waals surface area contributed by atoms with E-state index in [1.165, 1.54) is 37.7 Å². The summed E-state index contributed by atoms with van der Waals surface area (Å²) in [5, 5.41) is 3.17. The van der Waals surface area contributed by atoms with E-state index in [0.717, 1.165) is 18.9 Å². The molecule has 0 rings (SSSR count). The highest BCUT2D eigenvalue weighted by molar-refractivity contribution is 5.03. The van der Waals surface area contributed by atoms with Crippen LogP contribution in [-0.2, 0) is 0 Å². The molecule has 0 bridgehead atoms. The van der Waals surface area contributed by atoms with Crippen molar-refractivity contribution in [2.45, 2.75) is 66.2 Å². The highest BCUT2D eigenvalue weighted by Gasteiger charge is 1.95. The van der Waals surface area contributed by atoms with E-state index >= 15 is 0 Å². The van der Waals surface area contributed by atoms with Gasteiger partial charge in [0.05, 0.1) is 0 Å². The molecule has 0 saturated heterocycles. The lowest BCUT2D eigenvalue weighted by Gasteiger charge is -2.05. The maximum Gasteiger partial charge on any atom is -0.00172 e. The standard InChI is InChI=1S/C17H33N/c1-15(2)9-6-10-16(3)11-7-12-17(4)13-8-14-18-5/h11,13,15,18H,6-10,12,14H2,1-5H3/b16-11+,17-13+. The van der Waals surface area contributed by atoms with Crippen LogP contribution in [-0.4, -0.2) is 13.6 Å². The molecule has 1 nitrogen and oxygen atoms in total. The second-order valence-corrected chi connectivity index (χ2v) is 5.82. The van der Waals surface area contributed by atoms with Crippen molar-refractivity contribution in [3.63, 3.8) is 0 Å². The van der Waals surface area contributed by atoms with Gasteiger partial charge in [0.1, 0.15) is 0 Å². The molecule has 1 N–H and O–H groups in total. The second-order valence-electron chi connectivity index (χ2n) is 5.82. The van der Waals surface area contributed by atoms with E-state index in [1.807, 2.05) is 7.05 Å². The number of hydrogen-bond donors (Lipinski definition) is 1. The summed E-state index contributed by atoms with van der Waals surface area (Å²) in [6.07, 6.45) is 12.3. The third-order valence-corrected chi connectivity index (χ3v) is 3.27. The number of allylic oxidation sites excluding steroid dienone is 3. The Bertz CT molecular complexity index is 248. The monoisotopic (exact) mass is 251 g/mol. The molecule has 0 unspecified atom stereocenters. The van der Waals surface area contributed by atoms with Gasteiger partial charge in [0, 0.05) is 0 Å². The number of rotatable bonds is 10. The third-order valence-electron chi connectivity index (χ3n) is 3.27. The lowest BCUT2D eigenvalue weighted by atomic mass is 10.0. The van der Waals surface area contributed by atoms with Crippen molar-refractivity contribution < 1.29 is 0 Å². The van der Waals surface area contributed by atoms with Crippen molar-refractivity contribution in [1.29, 1.82) is 0 Å². The van der Waals surface area contributed by atoms with Crippen molar-refractivity contribution in [1.82, 2.24) is 5.32 Å². The Kier molecular flexibility index (Phi) is 11.2. The maximum absolute atomic E-state index is 3.17. The van der Waals surface area contributed by atoms with E-state index in [0.29, 0.717) is 0 Å². The van der Waals surface area contributed by atoms with Crippen LogP contribution in [0.5, 0.6) is 0 Å². The van der Waals surface area contributed by atoms with Crippen molar-refractivity contribution in [2.75, 3.05) is 13.6 Å². The van der Waals surface area contributed by atoms with Gasteiger partial charge in [-0.25, -0.2) is 0 Å². The summed E-state index contributed by atoms with van der Waals surface area (Å²) in [6, 6.07) is 0. The molecule has 0 aliphatic heterocycles. The summed E-state index contributed by atoms with van der Waals surface area (Å²) in [4.78, 5) is 0. The minimum atomic E-state index is 0.843. The van der Waals surface area contributed by atoms with Crippen LogP contribution < -0.4 is 5.32 Å². The Morgan fingerprint density at radius 1 is 1.00 bits per heavy atom. The predicted octanol–water partition coefficient (Wildman–Crippen LogP) is 5.10. The number of nitrogens with one attached hydrogen (secondary N) is 1. The van der Waals surface area contributed by atoms with Crippen LogP contribution in [0.4, 0.5) is 0 Å². The van der Waals surface area contributed by atoms with Crippen molar-refractivity contribution >= 4 is 0 Å². The van der Waals surface area contributed by atoms with E-state index < -0.39 is 0 Å². The first-order valence-electron chi connectivity index (χ1n) is 7.52. The molecule has 0 fully saturated rings. The van der Waals surface area contributed by atoms with Crippen LogP contribution in [0.25, 0.3) is 0 Å². The topological polar surface area (TPSA) is 12.0 Å². The molecule has 0 aliphatic rings. The molecule has 0 radical (unpaired) electrons. The van der Waals surface area contributed by atoms with Gasteiger partial charge in [-0.05, 0) is 65.5 Å². The van der Waals surface area contributed by atoms with Gasteiger partial charge in [0.2, 0.25) is 0 Å². The van der Waals surface area contributed by atoms with Crippen molar-refractivity contribution in [3.8, 4) is 0 Å². The molecule has 0 aromatic carbocycles. The molecule has 1 heteroatoms. The number of hydrogen-bond acceptors (Lipinski definition) is 1. The summed E-state index contributed by atoms with van der Waals surface area (Å²) < 4.78 is 0. The van der Waals surface area contributed by atoms with Crippen LogP contribution in [0.1, 0.15) is 66.2 Å². The normalized spacial score (nSPS) is 13.4. The minimum Gasteiger partial charge on any atom is -0.319 e. The zero-order chi connectivity index (χ0) is 13.8. The van der Waals surface area contributed by atoms with Crippen LogP contribution >= 0.6 is 0 Å². The quantitative estimate of drug-likeness (QED) is 0.421. The van der Waals surface area contributed by atoms with Gasteiger partial charge in [0.15, 0.2) is 0 Å². The van der Waals surface area contributed by atoms with E-state index in [1.54, 1.807) is 5.57 Å². The van der Waals surface area contributed by atoms with Crippen LogP contribution in [0.3, 0.4) is 0 Å². The van der Waals surface area contributed by atoms with E-state index in [2.05, 4.69) is 45.2 Å². The first-order chi connectivity index (χ1) is 8.56. The minimum absolute atomic E-state index is 0.843. The molecule has 0 aromatic heterocycles. The average Bonchev–Trinajstić information content (AvgIpc) is 2.29. The molecule has 0 aliphatic carbocycles. The van der Waals surface area contributed by atoms with E-state index in [9.17, 15) is 0 Å². The Hall–Kier alpha value is -0.560. The summed E-state index contributed by atoms with van der Waals surface area (Å²) in [7, 11) is 2.01. The maximum atomic E-state index is 3.17. The highest BCUT2D eigenvalue weighted by atomic mass is 14.8. The molecule has 106 valence electrons. The van der Waals surface area contributed by atoms with Crippen LogP contribution in [0.15, 0.2) is 23.3 Å². The molecular weight excluding hydrogens is 218 g/mol. The summed E-state index contributed by atoms with van der Waals surface area (Å²) in [5.41, 5.74) is 3.09. The Labute approximate surface area is 115 Å². The molecular formula is C17H33N. The fraction of sp³-hybridized carbons (Fsp3) is 0.765. The SMILES string of the molecule is CNCC/C=C(\C)CC/C=C(\C)CCCC(C)C. The molecule has 0 saturated carbocycles. The summed E-state index contributed by atoms with van der Waals surface area (Å²) in [6.45, 7) is 10.2. The molecule has 18 heavy (non-hydrogen) atoms. The van der Waals surface area contributed by atoms with Gasteiger partial charge in [-0.3, -0.25) is 0 Å². The molecule has 0 aromatic rings. The van der Waals surface area contributed by atoms with Crippen molar-refractivity contribution in [2.24, 2.45) is 5.92 Å². The fourth-order valence-electron chi connectivity index (χ4n) is 2.00. The van der Waals surface area contributed by atoms with Crippen LogP contribution in [0.2, 0.25) is 0 Å². The molecule has 0 amide bonds. The second kappa shape index (κ2) is 11.5. The van der Waals surface area contributed by atoms with Gasteiger partial charge >= 0.3 is 0 Å². The van der Waals surface area contributed by atoms with Crippen molar-refractivity contribution in [3.05, 3.63) is 23.3 Å². The molecule has 0 atom stereocenters. The largest absolute Gasteiger partial charge is 0.319 e. The van der Waals surface area contributed by atoms with Gasteiger partial charge < -0.3 is 5.32 Å². The lowest BCUT2D eigenvalue weighted by Crippen LogP contribution is -2.06. The smallest absolute Gasteiger partial charge is 0.00172 e.